The lowest BCUT2D eigenvalue weighted by atomic mass is 9.98. The quantitative estimate of drug-likeness (QED) is 0.498. The molecule has 4 nitrogen and oxygen atoms in total. The van der Waals surface area contributed by atoms with Gasteiger partial charge in [-0.1, -0.05) is 6.92 Å². The summed E-state index contributed by atoms with van der Waals surface area (Å²) in [6.45, 7) is 5.72. The van der Waals surface area contributed by atoms with Gasteiger partial charge < -0.3 is 14.8 Å². The van der Waals surface area contributed by atoms with Crippen molar-refractivity contribution >= 4 is 5.78 Å². The summed E-state index contributed by atoms with van der Waals surface area (Å²) in [5.74, 6) is 0.501. The van der Waals surface area contributed by atoms with Crippen molar-refractivity contribution < 1.29 is 18.7 Å². The van der Waals surface area contributed by atoms with Crippen LogP contribution in [0.2, 0.25) is 0 Å². The van der Waals surface area contributed by atoms with Gasteiger partial charge in [-0.25, -0.2) is 4.39 Å². The van der Waals surface area contributed by atoms with E-state index in [9.17, 15) is 9.18 Å². The molecule has 1 N–H and O–H groups in total. The van der Waals surface area contributed by atoms with Crippen LogP contribution in [0.4, 0.5) is 4.39 Å². The van der Waals surface area contributed by atoms with Gasteiger partial charge in [0.25, 0.3) is 0 Å². The predicted octanol–water partition coefficient (Wildman–Crippen LogP) is 3.70. The summed E-state index contributed by atoms with van der Waals surface area (Å²) in [7, 11) is 3.03. The van der Waals surface area contributed by atoms with Crippen LogP contribution < -0.4 is 14.8 Å². The van der Waals surface area contributed by atoms with Gasteiger partial charge in [-0.15, -0.1) is 0 Å². The van der Waals surface area contributed by atoms with E-state index >= 15 is 0 Å². The van der Waals surface area contributed by atoms with Crippen LogP contribution in [0.15, 0.2) is 12.1 Å². The molecule has 0 aliphatic heterocycles. The summed E-state index contributed by atoms with van der Waals surface area (Å²) in [5, 5.41) is 3.27. The molecule has 0 aromatic heterocycles. The molecule has 130 valence electrons. The molecule has 0 aliphatic rings. The summed E-state index contributed by atoms with van der Waals surface area (Å²) < 4.78 is 24.6. The number of halogens is 1. The number of alkyl halides is 1. The Balaban J connectivity index is 2.62. The van der Waals surface area contributed by atoms with Crippen molar-refractivity contribution in [2.75, 3.05) is 27.3 Å². The number of ether oxygens (including phenoxy) is 2. The minimum atomic E-state index is -1.47. The molecule has 0 heterocycles. The molecule has 23 heavy (non-hydrogen) atoms. The van der Waals surface area contributed by atoms with Crippen molar-refractivity contribution in [3.63, 3.8) is 0 Å². The number of benzene rings is 1. The molecule has 0 aliphatic carbocycles. The Kier molecular flexibility index (Phi) is 8.62. The standard InChI is InChI=1S/C18H28FNO3/c1-5-9-20-10-7-6-8-15(19)18(21)14-12-17(23-4)16(22-3)11-13(14)2/h11-12,15,20H,5-10H2,1-4H3. The molecule has 1 unspecified atom stereocenters. The minimum absolute atomic E-state index is 0.250. The van der Waals surface area contributed by atoms with Crippen LogP contribution >= 0.6 is 0 Å². The second-order valence-electron chi connectivity index (χ2n) is 5.60. The Morgan fingerprint density at radius 2 is 1.83 bits per heavy atom. The number of rotatable bonds is 11. The highest BCUT2D eigenvalue weighted by Crippen LogP contribution is 2.31. The van der Waals surface area contributed by atoms with Gasteiger partial charge in [0.15, 0.2) is 23.5 Å². The first-order valence-corrected chi connectivity index (χ1v) is 8.16. The number of carbonyl (C=O) groups excluding carboxylic acids is 1. The number of unbranched alkanes of at least 4 members (excludes halogenated alkanes) is 1. The maximum atomic E-state index is 14.2. The Morgan fingerprint density at radius 1 is 1.17 bits per heavy atom. The van der Waals surface area contributed by atoms with Crippen molar-refractivity contribution in [1.82, 2.24) is 5.32 Å². The Bertz CT molecular complexity index is 505. The fourth-order valence-electron chi connectivity index (χ4n) is 2.42. The van der Waals surface area contributed by atoms with E-state index in [2.05, 4.69) is 12.2 Å². The third kappa shape index (κ3) is 5.82. The van der Waals surface area contributed by atoms with Gasteiger partial charge in [-0.05, 0) is 63.4 Å². The number of carbonyl (C=O) groups is 1. The van der Waals surface area contributed by atoms with Crippen LogP contribution in [0.5, 0.6) is 11.5 Å². The lowest BCUT2D eigenvalue weighted by molar-refractivity contribution is 0.0865. The average Bonchev–Trinajstić information content (AvgIpc) is 2.56. The van der Waals surface area contributed by atoms with Crippen molar-refractivity contribution in [3.8, 4) is 11.5 Å². The number of ketones is 1. The van der Waals surface area contributed by atoms with E-state index in [4.69, 9.17) is 9.47 Å². The van der Waals surface area contributed by atoms with Crippen LogP contribution in [0.1, 0.15) is 48.5 Å². The zero-order chi connectivity index (χ0) is 17.2. The van der Waals surface area contributed by atoms with E-state index in [1.165, 1.54) is 14.2 Å². The first-order chi connectivity index (χ1) is 11.0. The van der Waals surface area contributed by atoms with Crippen molar-refractivity contribution in [1.29, 1.82) is 0 Å². The van der Waals surface area contributed by atoms with Crippen LogP contribution in [0, 0.1) is 6.92 Å². The number of aryl methyl sites for hydroxylation is 1. The Labute approximate surface area is 138 Å². The maximum Gasteiger partial charge on any atom is 0.197 e. The van der Waals surface area contributed by atoms with E-state index in [-0.39, 0.29) is 6.42 Å². The second-order valence-corrected chi connectivity index (χ2v) is 5.60. The molecular formula is C18H28FNO3. The van der Waals surface area contributed by atoms with E-state index in [1.54, 1.807) is 19.1 Å². The number of nitrogens with one attached hydrogen (secondary N) is 1. The summed E-state index contributed by atoms with van der Waals surface area (Å²) >= 11 is 0. The molecule has 0 radical (unpaired) electrons. The van der Waals surface area contributed by atoms with Gasteiger partial charge in [-0.3, -0.25) is 4.79 Å². The van der Waals surface area contributed by atoms with Gasteiger partial charge in [0.1, 0.15) is 0 Å². The zero-order valence-electron chi connectivity index (χ0n) is 14.6. The highest BCUT2D eigenvalue weighted by Gasteiger charge is 2.22. The molecule has 5 heteroatoms. The number of Topliss-reactive ketones (excluding diaryl/α,β-unsaturated/α-hetero) is 1. The number of hydrogen-bond acceptors (Lipinski definition) is 4. The largest absolute Gasteiger partial charge is 0.493 e. The fourth-order valence-corrected chi connectivity index (χ4v) is 2.42. The van der Waals surface area contributed by atoms with Gasteiger partial charge in [-0.2, -0.15) is 0 Å². The zero-order valence-corrected chi connectivity index (χ0v) is 14.6. The monoisotopic (exact) mass is 325 g/mol. The Morgan fingerprint density at radius 3 is 2.43 bits per heavy atom. The minimum Gasteiger partial charge on any atom is -0.493 e. The molecule has 1 aromatic carbocycles. The lowest BCUT2D eigenvalue weighted by Gasteiger charge is -2.14. The van der Waals surface area contributed by atoms with E-state index in [0.29, 0.717) is 29.0 Å². The SMILES string of the molecule is CCCNCCCCC(F)C(=O)c1cc(OC)c(OC)cc1C. The van der Waals surface area contributed by atoms with Crippen molar-refractivity contribution in [3.05, 3.63) is 23.3 Å². The van der Waals surface area contributed by atoms with Gasteiger partial charge in [0, 0.05) is 5.56 Å². The first kappa shape index (κ1) is 19.4. The normalized spacial score (nSPS) is 12.0. The topological polar surface area (TPSA) is 47.6 Å². The summed E-state index contributed by atoms with van der Waals surface area (Å²) in [6, 6.07) is 3.26. The highest BCUT2D eigenvalue weighted by molar-refractivity contribution is 6.01. The Hall–Kier alpha value is -1.62. The predicted molar refractivity (Wildman–Crippen MR) is 90.5 cm³/mol. The molecule has 1 rings (SSSR count). The van der Waals surface area contributed by atoms with Gasteiger partial charge in [0.2, 0.25) is 0 Å². The maximum absolute atomic E-state index is 14.2. The van der Waals surface area contributed by atoms with Crippen LogP contribution in [0.3, 0.4) is 0 Å². The molecule has 1 atom stereocenters. The molecule has 0 spiro atoms. The molecule has 0 saturated carbocycles. The van der Waals surface area contributed by atoms with E-state index in [1.807, 2.05) is 0 Å². The van der Waals surface area contributed by atoms with Crippen molar-refractivity contribution in [2.45, 2.75) is 45.7 Å². The number of hydrogen-bond donors (Lipinski definition) is 1. The number of methoxy groups -OCH3 is 2. The van der Waals surface area contributed by atoms with Gasteiger partial charge >= 0.3 is 0 Å². The average molecular weight is 325 g/mol. The molecule has 0 bridgehead atoms. The third-order valence-electron chi connectivity index (χ3n) is 3.77. The van der Waals surface area contributed by atoms with E-state index < -0.39 is 12.0 Å². The molecule has 0 amide bonds. The molecular weight excluding hydrogens is 297 g/mol. The van der Waals surface area contributed by atoms with E-state index in [0.717, 1.165) is 25.9 Å². The van der Waals surface area contributed by atoms with Crippen LogP contribution in [0.25, 0.3) is 0 Å². The molecule has 0 saturated heterocycles. The molecule has 0 fully saturated rings. The third-order valence-corrected chi connectivity index (χ3v) is 3.77. The second kappa shape index (κ2) is 10.2. The summed E-state index contributed by atoms with van der Waals surface area (Å²) in [4.78, 5) is 12.3. The van der Waals surface area contributed by atoms with Crippen LogP contribution in [-0.2, 0) is 0 Å². The molecule has 1 aromatic rings. The smallest absolute Gasteiger partial charge is 0.197 e. The van der Waals surface area contributed by atoms with Crippen LogP contribution in [-0.4, -0.2) is 39.3 Å². The first-order valence-electron chi connectivity index (χ1n) is 8.16. The summed E-state index contributed by atoms with van der Waals surface area (Å²) in [5.41, 5.74) is 1.05. The van der Waals surface area contributed by atoms with Gasteiger partial charge in [0.05, 0.1) is 14.2 Å². The summed E-state index contributed by atoms with van der Waals surface area (Å²) in [6.07, 6.45) is 1.43. The van der Waals surface area contributed by atoms with Crippen molar-refractivity contribution in [2.24, 2.45) is 0 Å². The fraction of sp³-hybridized carbons (Fsp3) is 0.611. The lowest BCUT2D eigenvalue weighted by Crippen LogP contribution is -2.19. The highest BCUT2D eigenvalue weighted by atomic mass is 19.1.